The van der Waals surface area contributed by atoms with Crippen molar-refractivity contribution in [3.8, 4) is 0 Å². The normalized spacial score (nSPS) is 16.8. The van der Waals surface area contributed by atoms with Gasteiger partial charge in [-0.2, -0.15) is 0 Å². The molecule has 1 saturated heterocycles. The van der Waals surface area contributed by atoms with E-state index in [9.17, 15) is 14.4 Å². The van der Waals surface area contributed by atoms with Gasteiger partial charge in [-0.3, -0.25) is 14.4 Å². The van der Waals surface area contributed by atoms with Crippen LogP contribution in [-0.4, -0.2) is 43.5 Å². The number of hydrogen-bond acceptors (Lipinski definition) is 4. The SMILES string of the molecule is CC(=O)Nc1ccc(N2CC(C(=O)NCCCOC(C)C)CC2=O)cc1. The van der Waals surface area contributed by atoms with Crippen molar-refractivity contribution in [1.29, 1.82) is 0 Å². The Balaban J connectivity index is 1.83. The number of anilines is 2. The molecule has 26 heavy (non-hydrogen) atoms. The van der Waals surface area contributed by atoms with Crippen molar-refractivity contribution in [2.45, 2.75) is 39.7 Å². The van der Waals surface area contributed by atoms with E-state index in [1.54, 1.807) is 29.2 Å². The number of nitrogens with one attached hydrogen (secondary N) is 2. The van der Waals surface area contributed by atoms with E-state index in [1.807, 2.05) is 13.8 Å². The highest BCUT2D eigenvalue weighted by atomic mass is 16.5. The quantitative estimate of drug-likeness (QED) is 0.693. The Bertz CT molecular complexity index is 643. The summed E-state index contributed by atoms with van der Waals surface area (Å²) in [7, 11) is 0. The van der Waals surface area contributed by atoms with Crippen LogP contribution in [0.1, 0.15) is 33.6 Å². The molecular weight excluding hydrogens is 334 g/mol. The maximum Gasteiger partial charge on any atom is 0.227 e. The van der Waals surface area contributed by atoms with Crippen LogP contribution in [0.3, 0.4) is 0 Å². The minimum Gasteiger partial charge on any atom is -0.379 e. The van der Waals surface area contributed by atoms with Crippen LogP contribution in [-0.2, 0) is 19.1 Å². The molecule has 7 heteroatoms. The van der Waals surface area contributed by atoms with Gasteiger partial charge in [-0.05, 0) is 44.5 Å². The van der Waals surface area contributed by atoms with E-state index < -0.39 is 0 Å². The molecule has 1 aliphatic rings. The van der Waals surface area contributed by atoms with Gasteiger partial charge in [0, 0.05) is 44.4 Å². The van der Waals surface area contributed by atoms with E-state index in [0.717, 1.165) is 12.1 Å². The smallest absolute Gasteiger partial charge is 0.227 e. The number of carbonyl (C=O) groups is 3. The van der Waals surface area contributed by atoms with E-state index in [2.05, 4.69) is 10.6 Å². The summed E-state index contributed by atoms with van der Waals surface area (Å²) in [6, 6.07) is 7.03. The van der Waals surface area contributed by atoms with Crippen LogP contribution in [0.25, 0.3) is 0 Å². The molecular formula is C19H27N3O4. The molecule has 7 nitrogen and oxygen atoms in total. The molecule has 1 aliphatic heterocycles. The first-order valence-electron chi connectivity index (χ1n) is 8.94. The Labute approximate surface area is 154 Å². The number of hydrogen-bond donors (Lipinski definition) is 2. The van der Waals surface area contributed by atoms with Crippen molar-refractivity contribution in [2.75, 3.05) is 29.9 Å². The topological polar surface area (TPSA) is 87.7 Å². The average molecular weight is 361 g/mol. The minimum absolute atomic E-state index is 0.0689. The number of carbonyl (C=O) groups excluding carboxylic acids is 3. The predicted octanol–water partition coefficient (Wildman–Crippen LogP) is 1.93. The maximum atomic E-state index is 12.3. The van der Waals surface area contributed by atoms with Crippen LogP contribution in [0.4, 0.5) is 11.4 Å². The third kappa shape index (κ3) is 5.84. The molecule has 142 valence electrons. The Kier molecular flexibility index (Phi) is 7.15. The van der Waals surface area contributed by atoms with Gasteiger partial charge in [-0.25, -0.2) is 0 Å². The second kappa shape index (κ2) is 9.33. The molecule has 1 fully saturated rings. The highest BCUT2D eigenvalue weighted by Gasteiger charge is 2.34. The predicted molar refractivity (Wildman–Crippen MR) is 99.9 cm³/mol. The number of rotatable bonds is 8. The highest BCUT2D eigenvalue weighted by Crippen LogP contribution is 2.26. The van der Waals surface area contributed by atoms with Crippen LogP contribution >= 0.6 is 0 Å². The monoisotopic (exact) mass is 361 g/mol. The van der Waals surface area contributed by atoms with Crippen molar-refractivity contribution in [3.63, 3.8) is 0 Å². The highest BCUT2D eigenvalue weighted by molar-refractivity contribution is 6.00. The summed E-state index contributed by atoms with van der Waals surface area (Å²) >= 11 is 0. The zero-order valence-electron chi connectivity index (χ0n) is 15.6. The van der Waals surface area contributed by atoms with Crippen molar-refractivity contribution in [3.05, 3.63) is 24.3 Å². The minimum atomic E-state index is -0.344. The van der Waals surface area contributed by atoms with Crippen molar-refractivity contribution < 1.29 is 19.1 Å². The van der Waals surface area contributed by atoms with Gasteiger partial charge < -0.3 is 20.3 Å². The summed E-state index contributed by atoms with van der Waals surface area (Å²) < 4.78 is 5.43. The number of amides is 3. The van der Waals surface area contributed by atoms with Crippen LogP contribution < -0.4 is 15.5 Å². The fourth-order valence-electron chi connectivity index (χ4n) is 2.81. The Hall–Kier alpha value is -2.41. The van der Waals surface area contributed by atoms with E-state index in [4.69, 9.17) is 4.74 Å². The molecule has 0 spiro atoms. The molecule has 0 bridgehead atoms. The summed E-state index contributed by atoms with van der Waals surface area (Å²) in [6.45, 7) is 6.90. The lowest BCUT2D eigenvalue weighted by Crippen LogP contribution is -2.34. The molecule has 1 aromatic carbocycles. The number of ether oxygens (including phenoxy) is 1. The van der Waals surface area contributed by atoms with Crippen LogP contribution in [0.5, 0.6) is 0 Å². The molecule has 3 amide bonds. The summed E-state index contributed by atoms with van der Waals surface area (Å²) in [6.07, 6.45) is 1.14. The molecule has 0 aromatic heterocycles. The van der Waals surface area contributed by atoms with Gasteiger partial charge in [-0.15, -0.1) is 0 Å². The third-order valence-corrected chi connectivity index (χ3v) is 4.07. The first-order chi connectivity index (χ1) is 12.4. The third-order valence-electron chi connectivity index (χ3n) is 4.07. The van der Waals surface area contributed by atoms with Crippen LogP contribution in [0.2, 0.25) is 0 Å². The Morgan fingerprint density at radius 2 is 1.96 bits per heavy atom. The maximum absolute atomic E-state index is 12.3. The Morgan fingerprint density at radius 3 is 2.58 bits per heavy atom. The second-order valence-corrected chi connectivity index (χ2v) is 6.70. The zero-order valence-corrected chi connectivity index (χ0v) is 15.6. The van der Waals surface area contributed by atoms with Crippen molar-refractivity contribution >= 4 is 29.1 Å². The van der Waals surface area contributed by atoms with Crippen molar-refractivity contribution in [2.24, 2.45) is 5.92 Å². The lowest BCUT2D eigenvalue weighted by atomic mass is 10.1. The van der Waals surface area contributed by atoms with E-state index >= 15 is 0 Å². The number of nitrogens with zero attached hydrogens (tertiary/aromatic N) is 1. The van der Waals surface area contributed by atoms with Crippen molar-refractivity contribution in [1.82, 2.24) is 5.32 Å². The van der Waals surface area contributed by atoms with Crippen LogP contribution in [0, 0.1) is 5.92 Å². The first kappa shape index (κ1) is 19.9. The molecule has 1 atom stereocenters. The Morgan fingerprint density at radius 1 is 1.27 bits per heavy atom. The molecule has 1 heterocycles. The number of benzene rings is 1. The largest absolute Gasteiger partial charge is 0.379 e. The van der Waals surface area contributed by atoms with Gasteiger partial charge in [0.1, 0.15) is 0 Å². The zero-order chi connectivity index (χ0) is 19.1. The lowest BCUT2D eigenvalue weighted by molar-refractivity contribution is -0.126. The fourth-order valence-corrected chi connectivity index (χ4v) is 2.81. The fraction of sp³-hybridized carbons (Fsp3) is 0.526. The van der Waals surface area contributed by atoms with Gasteiger partial charge in [0.25, 0.3) is 0 Å². The average Bonchev–Trinajstić information content (AvgIpc) is 2.96. The van der Waals surface area contributed by atoms with E-state index in [0.29, 0.717) is 25.4 Å². The standard InChI is InChI=1S/C19H27N3O4/c1-13(2)26-10-4-9-20-19(25)15-11-18(24)22(12-15)17-7-5-16(6-8-17)21-14(3)23/h5-8,13,15H,4,9-12H2,1-3H3,(H,20,25)(H,21,23). The molecule has 2 rings (SSSR count). The summed E-state index contributed by atoms with van der Waals surface area (Å²) in [5.74, 6) is -0.658. The lowest BCUT2D eigenvalue weighted by Gasteiger charge is -2.17. The summed E-state index contributed by atoms with van der Waals surface area (Å²) in [4.78, 5) is 37.2. The summed E-state index contributed by atoms with van der Waals surface area (Å²) in [5.41, 5.74) is 1.40. The van der Waals surface area contributed by atoms with Gasteiger partial charge in [-0.1, -0.05) is 0 Å². The van der Waals surface area contributed by atoms with Gasteiger partial charge >= 0.3 is 0 Å². The van der Waals surface area contributed by atoms with E-state index in [1.165, 1.54) is 6.92 Å². The van der Waals surface area contributed by atoms with Gasteiger partial charge in [0.15, 0.2) is 0 Å². The van der Waals surface area contributed by atoms with Gasteiger partial charge in [0.2, 0.25) is 17.7 Å². The summed E-state index contributed by atoms with van der Waals surface area (Å²) in [5, 5.41) is 5.56. The molecule has 1 unspecified atom stereocenters. The molecule has 1 aromatic rings. The molecule has 0 saturated carbocycles. The van der Waals surface area contributed by atoms with Crippen LogP contribution in [0.15, 0.2) is 24.3 Å². The van der Waals surface area contributed by atoms with Gasteiger partial charge in [0.05, 0.1) is 12.0 Å². The first-order valence-corrected chi connectivity index (χ1v) is 8.94. The van der Waals surface area contributed by atoms with E-state index in [-0.39, 0.29) is 36.2 Å². The molecule has 0 aliphatic carbocycles. The second-order valence-electron chi connectivity index (χ2n) is 6.70. The molecule has 2 N–H and O–H groups in total. The molecule has 0 radical (unpaired) electrons.